The maximum absolute atomic E-state index is 12.3. The summed E-state index contributed by atoms with van der Waals surface area (Å²) in [7, 11) is -3.33. The van der Waals surface area contributed by atoms with Crippen molar-refractivity contribution in [3.8, 4) is 11.1 Å². The lowest BCUT2D eigenvalue weighted by Crippen LogP contribution is -1.96. The number of benzene rings is 2. The highest BCUT2D eigenvalue weighted by Gasteiger charge is 2.32. The first-order valence-electron chi connectivity index (χ1n) is 5.16. The van der Waals surface area contributed by atoms with Gasteiger partial charge in [-0.15, -0.1) is 0 Å². The SMILES string of the molecule is Cc1ccc2c(c1)-c1ccc(Br)cc1S2(=O)=O. The first kappa shape index (κ1) is 11.0. The molecule has 86 valence electrons. The lowest BCUT2D eigenvalue weighted by atomic mass is 10.0. The molecule has 1 heterocycles. The Morgan fingerprint density at radius 2 is 1.71 bits per heavy atom. The maximum atomic E-state index is 12.3. The Morgan fingerprint density at radius 3 is 2.47 bits per heavy atom. The van der Waals surface area contributed by atoms with Gasteiger partial charge in [0.1, 0.15) is 0 Å². The van der Waals surface area contributed by atoms with Crippen LogP contribution in [0.3, 0.4) is 0 Å². The van der Waals surface area contributed by atoms with E-state index >= 15 is 0 Å². The largest absolute Gasteiger partial charge is 0.218 e. The van der Waals surface area contributed by atoms with E-state index in [1.165, 1.54) is 0 Å². The topological polar surface area (TPSA) is 34.1 Å². The van der Waals surface area contributed by atoms with Crippen LogP contribution in [0.2, 0.25) is 0 Å². The molecular weight excluding hydrogens is 300 g/mol. The Morgan fingerprint density at radius 1 is 0.941 bits per heavy atom. The lowest BCUT2D eigenvalue weighted by Gasteiger charge is -1.99. The zero-order valence-corrected chi connectivity index (χ0v) is 11.5. The Balaban J connectivity index is 2.47. The summed E-state index contributed by atoms with van der Waals surface area (Å²) in [5.41, 5.74) is 2.68. The van der Waals surface area contributed by atoms with Gasteiger partial charge in [0.25, 0.3) is 0 Å². The van der Waals surface area contributed by atoms with Crippen LogP contribution in [0.5, 0.6) is 0 Å². The third kappa shape index (κ3) is 1.47. The van der Waals surface area contributed by atoms with Gasteiger partial charge in [-0.05, 0) is 25.1 Å². The molecule has 1 aliphatic rings. The minimum absolute atomic E-state index is 0.396. The molecule has 0 atom stereocenters. The van der Waals surface area contributed by atoms with Crippen LogP contribution in [0.15, 0.2) is 50.7 Å². The molecule has 0 saturated carbocycles. The molecular formula is C13H9BrO2S. The van der Waals surface area contributed by atoms with E-state index < -0.39 is 9.84 Å². The zero-order chi connectivity index (χ0) is 12.2. The van der Waals surface area contributed by atoms with Crippen molar-refractivity contribution in [3.05, 3.63) is 46.4 Å². The van der Waals surface area contributed by atoms with E-state index in [0.717, 1.165) is 21.2 Å². The van der Waals surface area contributed by atoms with Gasteiger partial charge in [-0.25, -0.2) is 8.42 Å². The molecule has 17 heavy (non-hydrogen) atoms. The maximum Gasteiger partial charge on any atom is 0.207 e. The molecule has 2 nitrogen and oxygen atoms in total. The van der Waals surface area contributed by atoms with E-state index in [1.54, 1.807) is 12.1 Å². The Labute approximate surface area is 108 Å². The van der Waals surface area contributed by atoms with Crippen molar-refractivity contribution in [3.63, 3.8) is 0 Å². The van der Waals surface area contributed by atoms with Crippen molar-refractivity contribution in [1.29, 1.82) is 0 Å². The summed E-state index contributed by atoms with van der Waals surface area (Å²) in [6.45, 7) is 1.96. The fourth-order valence-corrected chi connectivity index (χ4v) is 4.35. The Kier molecular flexibility index (Phi) is 2.22. The second-order valence-electron chi connectivity index (χ2n) is 4.14. The fraction of sp³-hybridized carbons (Fsp3) is 0.0769. The molecule has 0 fully saturated rings. The second-order valence-corrected chi connectivity index (χ2v) is 6.95. The highest BCUT2D eigenvalue weighted by molar-refractivity contribution is 9.10. The highest BCUT2D eigenvalue weighted by Crippen LogP contribution is 2.44. The summed E-state index contributed by atoms with van der Waals surface area (Å²) in [5.74, 6) is 0. The fourth-order valence-electron chi connectivity index (χ4n) is 2.15. The van der Waals surface area contributed by atoms with Crippen molar-refractivity contribution in [1.82, 2.24) is 0 Å². The third-order valence-corrected chi connectivity index (χ3v) is 5.29. The number of aryl methyl sites for hydroxylation is 1. The standard InChI is InChI=1S/C13H9BrO2S/c1-8-2-5-12-11(6-8)10-4-3-9(14)7-13(10)17(12,15)16/h2-7H,1H3. The molecule has 0 N–H and O–H groups in total. The molecule has 0 saturated heterocycles. The third-order valence-electron chi connectivity index (χ3n) is 2.95. The summed E-state index contributed by atoms with van der Waals surface area (Å²) < 4.78 is 25.4. The second kappa shape index (κ2) is 3.43. The Bertz CT molecular complexity index is 733. The molecule has 4 heteroatoms. The molecule has 1 aliphatic heterocycles. The number of sulfone groups is 1. The number of halogens is 1. The van der Waals surface area contributed by atoms with E-state index in [-0.39, 0.29) is 0 Å². The van der Waals surface area contributed by atoms with Crippen LogP contribution in [0.25, 0.3) is 11.1 Å². The number of hydrogen-bond donors (Lipinski definition) is 0. The first-order chi connectivity index (χ1) is 8.00. The van der Waals surface area contributed by atoms with Crippen molar-refractivity contribution in [2.45, 2.75) is 16.7 Å². The van der Waals surface area contributed by atoms with Crippen LogP contribution in [-0.4, -0.2) is 8.42 Å². The van der Waals surface area contributed by atoms with Crippen molar-refractivity contribution in [2.24, 2.45) is 0 Å². The molecule has 0 aromatic heterocycles. The summed E-state index contributed by atoms with van der Waals surface area (Å²) >= 11 is 3.31. The Hall–Kier alpha value is -1.13. The van der Waals surface area contributed by atoms with Gasteiger partial charge in [0, 0.05) is 15.6 Å². The normalized spacial score (nSPS) is 15.4. The van der Waals surface area contributed by atoms with Gasteiger partial charge >= 0.3 is 0 Å². The predicted octanol–water partition coefficient (Wildman–Crippen LogP) is 3.57. The first-order valence-corrected chi connectivity index (χ1v) is 7.43. The molecule has 0 radical (unpaired) electrons. The van der Waals surface area contributed by atoms with Gasteiger partial charge < -0.3 is 0 Å². The van der Waals surface area contributed by atoms with Crippen molar-refractivity contribution >= 4 is 25.8 Å². The van der Waals surface area contributed by atoms with Crippen LogP contribution in [0.4, 0.5) is 0 Å². The average molecular weight is 309 g/mol. The van der Waals surface area contributed by atoms with Crippen LogP contribution in [0, 0.1) is 6.92 Å². The van der Waals surface area contributed by atoms with Crippen molar-refractivity contribution in [2.75, 3.05) is 0 Å². The van der Waals surface area contributed by atoms with E-state index in [0.29, 0.717) is 9.79 Å². The number of hydrogen-bond acceptors (Lipinski definition) is 2. The summed E-state index contributed by atoms with van der Waals surface area (Å²) in [6.07, 6.45) is 0. The summed E-state index contributed by atoms with van der Waals surface area (Å²) in [5, 5.41) is 0. The van der Waals surface area contributed by atoms with E-state index in [9.17, 15) is 8.42 Å². The molecule has 0 unspecified atom stereocenters. The average Bonchev–Trinajstić information content (AvgIpc) is 2.48. The molecule has 0 aliphatic carbocycles. The highest BCUT2D eigenvalue weighted by atomic mass is 79.9. The monoisotopic (exact) mass is 308 g/mol. The van der Waals surface area contributed by atoms with E-state index in [2.05, 4.69) is 15.9 Å². The van der Waals surface area contributed by atoms with Gasteiger partial charge in [0.2, 0.25) is 9.84 Å². The zero-order valence-electron chi connectivity index (χ0n) is 9.07. The predicted molar refractivity (Wildman–Crippen MR) is 69.8 cm³/mol. The number of fused-ring (bicyclic) bond motifs is 3. The van der Waals surface area contributed by atoms with E-state index in [4.69, 9.17) is 0 Å². The molecule has 3 rings (SSSR count). The van der Waals surface area contributed by atoms with Gasteiger partial charge in [0.05, 0.1) is 9.79 Å². The quantitative estimate of drug-likeness (QED) is 0.636. The minimum atomic E-state index is -3.33. The smallest absolute Gasteiger partial charge is 0.207 e. The van der Waals surface area contributed by atoms with E-state index in [1.807, 2.05) is 31.2 Å². The lowest BCUT2D eigenvalue weighted by molar-refractivity contribution is 0.598. The van der Waals surface area contributed by atoms with Crippen LogP contribution in [0.1, 0.15) is 5.56 Å². The molecule has 0 spiro atoms. The van der Waals surface area contributed by atoms with Gasteiger partial charge in [-0.2, -0.15) is 0 Å². The van der Waals surface area contributed by atoms with Gasteiger partial charge in [-0.1, -0.05) is 39.7 Å². The van der Waals surface area contributed by atoms with Crippen molar-refractivity contribution < 1.29 is 8.42 Å². The van der Waals surface area contributed by atoms with Crippen LogP contribution >= 0.6 is 15.9 Å². The summed E-state index contributed by atoms with van der Waals surface area (Å²) in [6, 6.07) is 10.8. The molecule has 2 aromatic rings. The van der Waals surface area contributed by atoms with Crippen LogP contribution < -0.4 is 0 Å². The molecule has 0 amide bonds. The summed E-state index contributed by atoms with van der Waals surface area (Å²) in [4.78, 5) is 0.809. The van der Waals surface area contributed by atoms with Gasteiger partial charge in [-0.3, -0.25) is 0 Å². The number of rotatable bonds is 0. The van der Waals surface area contributed by atoms with Gasteiger partial charge in [0.15, 0.2) is 0 Å². The molecule has 2 aromatic carbocycles. The minimum Gasteiger partial charge on any atom is -0.218 e. The molecule has 0 bridgehead atoms. The van der Waals surface area contributed by atoms with Crippen LogP contribution in [-0.2, 0) is 9.84 Å².